The maximum absolute atomic E-state index is 6.21. The standard InChI is InChI=1S/C21H20ClN5/c1-13-12-21(2,3)27-20(23-13)26-19-24-17-10-9-15(22)11-16(17)18(25-19)14-7-5-4-6-8-14/h4-11H,12H2,1-3H3,(H,24,25,26,27). The van der Waals surface area contributed by atoms with Gasteiger partial charge in [0.2, 0.25) is 11.9 Å². The Morgan fingerprint density at radius 1 is 1.04 bits per heavy atom. The molecule has 0 aliphatic carbocycles. The number of anilines is 1. The van der Waals surface area contributed by atoms with Gasteiger partial charge in [-0.1, -0.05) is 41.9 Å². The van der Waals surface area contributed by atoms with E-state index in [1.54, 1.807) is 0 Å². The number of fused-ring (bicyclic) bond motifs is 1. The number of aliphatic imine (C=N–C) groups is 2. The maximum atomic E-state index is 6.21. The van der Waals surface area contributed by atoms with Gasteiger partial charge < -0.3 is 0 Å². The molecule has 4 rings (SSSR count). The van der Waals surface area contributed by atoms with Crippen LogP contribution in [0.15, 0.2) is 58.5 Å². The molecule has 0 unspecified atom stereocenters. The summed E-state index contributed by atoms with van der Waals surface area (Å²) >= 11 is 6.21. The van der Waals surface area contributed by atoms with Gasteiger partial charge in [-0.25, -0.2) is 20.0 Å². The molecule has 5 nitrogen and oxygen atoms in total. The Kier molecular flexibility index (Phi) is 4.40. The number of rotatable bonds is 2. The highest BCUT2D eigenvalue weighted by Gasteiger charge is 2.23. The third-order valence-corrected chi connectivity index (χ3v) is 4.56. The van der Waals surface area contributed by atoms with Crippen molar-refractivity contribution in [1.29, 1.82) is 0 Å². The fourth-order valence-corrected chi connectivity index (χ4v) is 3.50. The molecule has 0 bridgehead atoms. The van der Waals surface area contributed by atoms with Crippen LogP contribution in [0, 0.1) is 0 Å². The first-order valence-electron chi connectivity index (χ1n) is 8.83. The van der Waals surface area contributed by atoms with Crippen molar-refractivity contribution in [2.75, 3.05) is 5.32 Å². The Morgan fingerprint density at radius 2 is 1.81 bits per heavy atom. The topological polar surface area (TPSA) is 62.5 Å². The van der Waals surface area contributed by atoms with Crippen molar-refractivity contribution in [3.63, 3.8) is 0 Å². The Bertz CT molecular complexity index is 1070. The largest absolute Gasteiger partial charge is 0.293 e. The Balaban J connectivity index is 1.83. The van der Waals surface area contributed by atoms with E-state index >= 15 is 0 Å². The first-order valence-corrected chi connectivity index (χ1v) is 9.21. The van der Waals surface area contributed by atoms with Crippen LogP contribution >= 0.6 is 11.6 Å². The van der Waals surface area contributed by atoms with Crippen LogP contribution in [0.5, 0.6) is 0 Å². The average Bonchev–Trinajstić information content (AvgIpc) is 2.60. The third kappa shape index (κ3) is 3.83. The summed E-state index contributed by atoms with van der Waals surface area (Å²) in [7, 11) is 0. The number of hydrogen-bond acceptors (Lipinski definition) is 5. The number of benzene rings is 2. The number of nitrogens with zero attached hydrogens (tertiary/aromatic N) is 4. The normalized spacial score (nSPS) is 16.0. The van der Waals surface area contributed by atoms with Crippen molar-refractivity contribution in [1.82, 2.24) is 9.97 Å². The van der Waals surface area contributed by atoms with Crippen LogP contribution < -0.4 is 5.32 Å². The monoisotopic (exact) mass is 377 g/mol. The lowest BCUT2D eigenvalue weighted by Gasteiger charge is -2.24. The molecule has 0 amide bonds. The molecule has 6 heteroatoms. The van der Waals surface area contributed by atoms with Gasteiger partial charge in [0.05, 0.1) is 16.7 Å². The summed E-state index contributed by atoms with van der Waals surface area (Å²) in [5.41, 5.74) is 3.48. The van der Waals surface area contributed by atoms with Gasteiger partial charge in [-0.05, 0) is 39.0 Å². The van der Waals surface area contributed by atoms with Crippen LogP contribution in [0.1, 0.15) is 27.2 Å². The molecule has 1 aromatic heterocycles. The minimum absolute atomic E-state index is 0.194. The van der Waals surface area contributed by atoms with E-state index < -0.39 is 0 Å². The first kappa shape index (κ1) is 17.6. The number of halogens is 1. The smallest absolute Gasteiger partial charge is 0.230 e. The van der Waals surface area contributed by atoms with Gasteiger partial charge in [0, 0.05) is 28.1 Å². The van der Waals surface area contributed by atoms with Gasteiger partial charge in [0.1, 0.15) is 0 Å². The van der Waals surface area contributed by atoms with Crippen LogP contribution in [-0.4, -0.2) is 27.2 Å². The zero-order valence-electron chi connectivity index (χ0n) is 15.5. The van der Waals surface area contributed by atoms with E-state index in [9.17, 15) is 0 Å². The van der Waals surface area contributed by atoms with E-state index in [1.165, 1.54) is 0 Å². The zero-order chi connectivity index (χ0) is 19.0. The van der Waals surface area contributed by atoms with Crippen molar-refractivity contribution in [3.05, 3.63) is 53.6 Å². The maximum Gasteiger partial charge on any atom is 0.230 e. The lowest BCUT2D eigenvalue weighted by molar-refractivity contribution is 0.538. The number of hydrogen-bond donors (Lipinski definition) is 1. The summed E-state index contributed by atoms with van der Waals surface area (Å²) < 4.78 is 0. The van der Waals surface area contributed by atoms with Crippen LogP contribution in [0.2, 0.25) is 5.02 Å². The zero-order valence-corrected chi connectivity index (χ0v) is 16.2. The molecule has 0 atom stereocenters. The van der Waals surface area contributed by atoms with Gasteiger partial charge in [-0.15, -0.1) is 0 Å². The molecule has 0 spiro atoms. The fourth-order valence-electron chi connectivity index (χ4n) is 3.33. The van der Waals surface area contributed by atoms with Crippen molar-refractivity contribution in [3.8, 4) is 11.3 Å². The van der Waals surface area contributed by atoms with Gasteiger partial charge in [0.15, 0.2) is 0 Å². The molecule has 27 heavy (non-hydrogen) atoms. The molecule has 1 aliphatic heterocycles. The molecule has 0 radical (unpaired) electrons. The van der Waals surface area contributed by atoms with Gasteiger partial charge in [-0.2, -0.15) is 0 Å². The van der Waals surface area contributed by atoms with Crippen molar-refractivity contribution < 1.29 is 0 Å². The molecule has 1 N–H and O–H groups in total. The Hall–Kier alpha value is -2.79. The Morgan fingerprint density at radius 3 is 2.56 bits per heavy atom. The van der Waals surface area contributed by atoms with Crippen LogP contribution in [0.4, 0.5) is 5.95 Å². The van der Waals surface area contributed by atoms with Gasteiger partial charge in [-0.3, -0.25) is 5.32 Å². The molecule has 1 aliphatic rings. The quantitative estimate of drug-likeness (QED) is 0.653. The van der Waals surface area contributed by atoms with E-state index in [1.807, 2.05) is 55.5 Å². The molecule has 2 heterocycles. The highest BCUT2D eigenvalue weighted by Crippen LogP contribution is 2.29. The van der Waals surface area contributed by atoms with Gasteiger partial charge in [0.25, 0.3) is 0 Å². The van der Waals surface area contributed by atoms with Crippen LogP contribution in [0.25, 0.3) is 22.2 Å². The highest BCUT2D eigenvalue weighted by molar-refractivity contribution is 6.31. The predicted octanol–water partition coefficient (Wildman–Crippen LogP) is 5.36. The molecule has 2 aromatic carbocycles. The van der Waals surface area contributed by atoms with Crippen molar-refractivity contribution in [2.45, 2.75) is 32.7 Å². The molecule has 0 saturated heterocycles. The van der Waals surface area contributed by atoms with Crippen LogP contribution in [-0.2, 0) is 0 Å². The molecular weight excluding hydrogens is 358 g/mol. The van der Waals surface area contributed by atoms with E-state index in [2.05, 4.69) is 34.1 Å². The number of aromatic nitrogens is 2. The van der Waals surface area contributed by atoms with E-state index in [0.717, 1.165) is 34.3 Å². The third-order valence-electron chi connectivity index (χ3n) is 4.32. The number of guanidine groups is 1. The second-order valence-electron chi connectivity index (χ2n) is 7.32. The predicted molar refractivity (Wildman–Crippen MR) is 113 cm³/mol. The van der Waals surface area contributed by atoms with Crippen molar-refractivity contribution >= 4 is 40.1 Å². The minimum atomic E-state index is -0.194. The Labute approximate surface area is 163 Å². The molecular formula is C21H20ClN5. The second-order valence-corrected chi connectivity index (χ2v) is 7.76. The summed E-state index contributed by atoms with van der Waals surface area (Å²) in [5, 5.41) is 4.75. The first-order chi connectivity index (χ1) is 12.9. The van der Waals surface area contributed by atoms with E-state index in [-0.39, 0.29) is 5.54 Å². The summed E-state index contributed by atoms with van der Waals surface area (Å²) in [6.07, 6.45) is 0.838. The van der Waals surface area contributed by atoms with Crippen LogP contribution in [0.3, 0.4) is 0 Å². The summed E-state index contributed by atoms with van der Waals surface area (Å²) in [6.45, 7) is 6.19. The lowest BCUT2D eigenvalue weighted by atomic mass is 9.98. The molecule has 0 fully saturated rings. The minimum Gasteiger partial charge on any atom is -0.293 e. The summed E-state index contributed by atoms with van der Waals surface area (Å²) in [5.74, 6) is 1.01. The van der Waals surface area contributed by atoms with E-state index in [0.29, 0.717) is 16.9 Å². The SMILES string of the molecule is CC1=NC(Nc2nc(-c3ccccc3)c3cc(Cl)ccc3n2)=NC(C)(C)C1. The lowest BCUT2D eigenvalue weighted by Crippen LogP contribution is -2.30. The second kappa shape index (κ2) is 6.74. The summed E-state index contributed by atoms with van der Waals surface area (Å²) in [6, 6.07) is 15.6. The fraction of sp³-hybridized carbons (Fsp3) is 0.238. The average molecular weight is 378 g/mol. The molecule has 3 aromatic rings. The highest BCUT2D eigenvalue weighted by atomic mass is 35.5. The van der Waals surface area contributed by atoms with Gasteiger partial charge >= 0.3 is 0 Å². The molecule has 0 saturated carbocycles. The van der Waals surface area contributed by atoms with Crippen molar-refractivity contribution in [2.24, 2.45) is 9.98 Å². The van der Waals surface area contributed by atoms with E-state index in [4.69, 9.17) is 16.6 Å². The number of nitrogens with one attached hydrogen (secondary N) is 1. The summed E-state index contributed by atoms with van der Waals surface area (Å²) in [4.78, 5) is 18.6. The molecule has 136 valence electrons.